The number of nitrogens with zero attached hydrogens (tertiary/aromatic N) is 2. The minimum Gasteiger partial charge on any atom is -0.497 e. The average molecular weight is 375 g/mol. The summed E-state index contributed by atoms with van der Waals surface area (Å²) in [6.07, 6.45) is 2.70. The second-order valence-corrected chi connectivity index (χ2v) is 7.98. The Hall–Kier alpha value is -2.45. The number of rotatable bonds is 5. The summed E-state index contributed by atoms with van der Waals surface area (Å²) in [6.45, 7) is 0.725. The van der Waals surface area contributed by atoms with E-state index in [1.54, 1.807) is 48.7 Å². The van der Waals surface area contributed by atoms with Gasteiger partial charge in [0, 0.05) is 25.3 Å². The van der Waals surface area contributed by atoms with Gasteiger partial charge in [-0.05, 0) is 49.2 Å². The summed E-state index contributed by atoms with van der Waals surface area (Å²) in [7, 11) is -2.00. The van der Waals surface area contributed by atoms with Crippen LogP contribution < -0.4 is 10.1 Å². The van der Waals surface area contributed by atoms with Crippen LogP contribution in [-0.2, 0) is 10.0 Å². The zero-order valence-electron chi connectivity index (χ0n) is 14.5. The lowest BCUT2D eigenvalue weighted by Gasteiger charge is -2.31. The fraction of sp³-hybridized carbons (Fsp3) is 0.333. The molecule has 0 saturated carbocycles. The lowest BCUT2D eigenvalue weighted by atomic mass is 10.1. The molecule has 1 amide bonds. The van der Waals surface area contributed by atoms with Crippen molar-refractivity contribution in [1.29, 1.82) is 0 Å². The molecule has 0 bridgehead atoms. The van der Waals surface area contributed by atoms with Gasteiger partial charge < -0.3 is 10.1 Å². The Balaban J connectivity index is 1.59. The number of pyridine rings is 1. The van der Waals surface area contributed by atoms with Crippen LogP contribution in [0.4, 0.5) is 0 Å². The third kappa shape index (κ3) is 4.03. The first-order chi connectivity index (χ1) is 12.5. The van der Waals surface area contributed by atoms with Crippen LogP contribution >= 0.6 is 0 Å². The number of aromatic nitrogens is 1. The highest BCUT2D eigenvalue weighted by atomic mass is 32.2. The Morgan fingerprint density at radius 2 is 1.85 bits per heavy atom. The summed E-state index contributed by atoms with van der Waals surface area (Å²) in [5.74, 6) is 0.377. The standard InChI is InChI=1S/C18H21N3O4S/c1-25-15-5-7-16(8-6-15)26(23,24)21-12-9-14(10-13-21)20-18(22)17-4-2-3-11-19-17/h2-8,11,14H,9-10,12-13H2,1H3,(H,20,22). The maximum Gasteiger partial charge on any atom is 0.270 e. The summed E-state index contributed by atoms with van der Waals surface area (Å²) in [5, 5.41) is 2.92. The van der Waals surface area contributed by atoms with Crippen molar-refractivity contribution in [1.82, 2.24) is 14.6 Å². The van der Waals surface area contributed by atoms with Crippen molar-refractivity contribution in [3.05, 3.63) is 54.4 Å². The fourth-order valence-electron chi connectivity index (χ4n) is 2.89. The van der Waals surface area contributed by atoms with Gasteiger partial charge in [0.2, 0.25) is 10.0 Å². The Morgan fingerprint density at radius 1 is 1.15 bits per heavy atom. The molecule has 3 rings (SSSR count). The molecule has 1 aromatic carbocycles. The third-order valence-corrected chi connectivity index (χ3v) is 6.30. The maximum atomic E-state index is 12.7. The first kappa shape index (κ1) is 18.3. The van der Waals surface area contributed by atoms with E-state index in [0.29, 0.717) is 37.4 Å². The van der Waals surface area contributed by atoms with Gasteiger partial charge >= 0.3 is 0 Å². The number of ether oxygens (including phenoxy) is 1. The van der Waals surface area contributed by atoms with Crippen LogP contribution in [0.2, 0.25) is 0 Å². The molecule has 2 aromatic rings. The molecule has 2 heterocycles. The molecule has 1 fully saturated rings. The number of piperidine rings is 1. The molecule has 1 saturated heterocycles. The smallest absolute Gasteiger partial charge is 0.270 e. The van der Waals surface area contributed by atoms with Crippen molar-refractivity contribution in [3.63, 3.8) is 0 Å². The predicted molar refractivity (Wildman–Crippen MR) is 96.5 cm³/mol. The summed E-state index contributed by atoms with van der Waals surface area (Å²) >= 11 is 0. The molecule has 138 valence electrons. The molecule has 0 radical (unpaired) electrons. The zero-order valence-corrected chi connectivity index (χ0v) is 15.3. The maximum absolute atomic E-state index is 12.7. The van der Waals surface area contributed by atoms with E-state index in [1.807, 2.05) is 0 Å². The first-order valence-electron chi connectivity index (χ1n) is 8.37. The van der Waals surface area contributed by atoms with Crippen LogP contribution in [0, 0.1) is 0 Å². The molecule has 1 aliphatic heterocycles. The van der Waals surface area contributed by atoms with E-state index < -0.39 is 10.0 Å². The Labute approximate surface area is 153 Å². The minimum absolute atomic E-state index is 0.0631. The third-order valence-electron chi connectivity index (χ3n) is 4.38. The SMILES string of the molecule is COc1ccc(S(=O)(=O)N2CCC(NC(=O)c3ccccn3)CC2)cc1. The van der Waals surface area contributed by atoms with Gasteiger partial charge in [0.1, 0.15) is 11.4 Å². The van der Waals surface area contributed by atoms with Crippen molar-refractivity contribution < 1.29 is 17.9 Å². The number of sulfonamides is 1. The first-order valence-corrected chi connectivity index (χ1v) is 9.81. The number of hydrogen-bond acceptors (Lipinski definition) is 5. The molecule has 0 unspecified atom stereocenters. The van der Waals surface area contributed by atoms with Gasteiger partial charge in [0.15, 0.2) is 0 Å². The molecule has 0 spiro atoms. The van der Waals surface area contributed by atoms with E-state index in [-0.39, 0.29) is 16.8 Å². The van der Waals surface area contributed by atoms with Gasteiger partial charge in [-0.1, -0.05) is 6.07 Å². The predicted octanol–water partition coefficient (Wildman–Crippen LogP) is 1.67. The molecule has 26 heavy (non-hydrogen) atoms. The molecule has 1 aromatic heterocycles. The molecule has 0 aliphatic carbocycles. The van der Waals surface area contributed by atoms with Crippen LogP contribution in [-0.4, -0.2) is 49.9 Å². The van der Waals surface area contributed by atoms with E-state index >= 15 is 0 Å². The van der Waals surface area contributed by atoms with Gasteiger partial charge in [0.05, 0.1) is 12.0 Å². The van der Waals surface area contributed by atoms with Gasteiger partial charge in [-0.3, -0.25) is 9.78 Å². The topological polar surface area (TPSA) is 88.6 Å². The molecular formula is C18H21N3O4S. The summed E-state index contributed by atoms with van der Waals surface area (Å²) < 4.78 is 32.0. The highest BCUT2D eigenvalue weighted by Gasteiger charge is 2.30. The van der Waals surface area contributed by atoms with Gasteiger partial charge in [-0.2, -0.15) is 4.31 Å². The second-order valence-electron chi connectivity index (χ2n) is 6.04. The van der Waals surface area contributed by atoms with Crippen molar-refractivity contribution >= 4 is 15.9 Å². The number of carbonyl (C=O) groups excluding carboxylic acids is 1. The van der Waals surface area contributed by atoms with E-state index in [1.165, 1.54) is 11.4 Å². The van der Waals surface area contributed by atoms with Crippen molar-refractivity contribution in [2.24, 2.45) is 0 Å². The summed E-state index contributed by atoms with van der Waals surface area (Å²) in [5.41, 5.74) is 0.362. The number of amides is 1. The Bertz CT molecular complexity index is 846. The number of hydrogen-bond donors (Lipinski definition) is 1. The number of nitrogens with one attached hydrogen (secondary N) is 1. The van der Waals surface area contributed by atoms with Gasteiger partial charge in [-0.15, -0.1) is 0 Å². The Kier molecular flexibility index (Phi) is 5.53. The molecule has 7 nitrogen and oxygen atoms in total. The highest BCUT2D eigenvalue weighted by molar-refractivity contribution is 7.89. The molecular weight excluding hydrogens is 354 g/mol. The lowest BCUT2D eigenvalue weighted by molar-refractivity contribution is 0.0919. The fourth-order valence-corrected chi connectivity index (χ4v) is 4.36. The van der Waals surface area contributed by atoms with Crippen LogP contribution in [0.3, 0.4) is 0 Å². The lowest BCUT2D eigenvalue weighted by Crippen LogP contribution is -2.46. The highest BCUT2D eigenvalue weighted by Crippen LogP contribution is 2.23. The second kappa shape index (κ2) is 7.84. The van der Waals surface area contributed by atoms with Crippen LogP contribution in [0.5, 0.6) is 5.75 Å². The number of benzene rings is 1. The minimum atomic E-state index is -3.54. The van der Waals surface area contributed by atoms with Crippen LogP contribution in [0.1, 0.15) is 23.3 Å². The van der Waals surface area contributed by atoms with Crippen LogP contribution in [0.15, 0.2) is 53.6 Å². The van der Waals surface area contributed by atoms with E-state index in [9.17, 15) is 13.2 Å². The summed E-state index contributed by atoms with van der Waals surface area (Å²) in [6, 6.07) is 11.4. The normalized spacial score (nSPS) is 16.2. The molecule has 1 N–H and O–H groups in total. The van der Waals surface area contributed by atoms with E-state index in [2.05, 4.69) is 10.3 Å². The van der Waals surface area contributed by atoms with Crippen molar-refractivity contribution in [2.75, 3.05) is 20.2 Å². The number of carbonyl (C=O) groups is 1. The van der Waals surface area contributed by atoms with E-state index in [0.717, 1.165) is 0 Å². The van der Waals surface area contributed by atoms with Crippen molar-refractivity contribution in [2.45, 2.75) is 23.8 Å². The summed E-state index contributed by atoms with van der Waals surface area (Å²) in [4.78, 5) is 16.4. The Morgan fingerprint density at radius 3 is 2.42 bits per heavy atom. The average Bonchev–Trinajstić information content (AvgIpc) is 2.69. The molecule has 8 heteroatoms. The number of methoxy groups -OCH3 is 1. The monoisotopic (exact) mass is 375 g/mol. The van der Waals surface area contributed by atoms with E-state index in [4.69, 9.17) is 4.74 Å². The molecule has 1 aliphatic rings. The van der Waals surface area contributed by atoms with Crippen LogP contribution in [0.25, 0.3) is 0 Å². The largest absolute Gasteiger partial charge is 0.497 e. The molecule has 0 atom stereocenters. The van der Waals surface area contributed by atoms with Gasteiger partial charge in [-0.25, -0.2) is 8.42 Å². The quantitative estimate of drug-likeness (QED) is 0.859. The van der Waals surface area contributed by atoms with Crippen molar-refractivity contribution in [3.8, 4) is 5.75 Å². The van der Waals surface area contributed by atoms with Gasteiger partial charge in [0.25, 0.3) is 5.91 Å². The zero-order chi connectivity index (χ0) is 18.6.